The zero-order valence-corrected chi connectivity index (χ0v) is 15.7. The van der Waals surface area contributed by atoms with Crippen LogP contribution in [0.2, 0.25) is 0 Å². The Morgan fingerprint density at radius 3 is 2.75 bits per heavy atom. The van der Waals surface area contributed by atoms with E-state index in [-0.39, 0.29) is 30.2 Å². The molecule has 0 bridgehead atoms. The number of hydrogen-bond acceptors (Lipinski definition) is 7. The average molecular weight is 396 g/mol. The molecule has 2 aromatic carbocycles. The molecule has 4 rings (SSSR count). The highest BCUT2D eigenvalue weighted by Crippen LogP contribution is 2.34. The zero-order chi connectivity index (χ0) is 19.5. The first-order chi connectivity index (χ1) is 13.6. The maximum atomic E-state index is 12.4. The second kappa shape index (κ2) is 7.65. The number of hydrogen-bond donors (Lipinski definition) is 2. The summed E-state index contributed by atoms with van der Waals surface area (Å²) in [4.78, 5) is 24.6. The highest BCUT2D eigenvalue weighted by Gasteiger charge is 2.17. The zero-order valence-electron chi connectivity index (χ0n) is 14.9. The first-order valence-electron chi connectivity index (χ1n) is 8.47. The number of aromatic nitrogens is 2. The van der Waals surface area contributed by atoms with Crippen molar-refractivity contribution >= 4 is 28.8 Å². The summed E-state index contributed by atoms with van der Waals surface area (Å²) in [6, 6.07) is 12.5. The molecule has 0 spiro atoms. The van der Waals surface area contributed by atoms with Crippen LogP contribution < -0.4 is 20.1 Å². The lowest BCUT2D eigenvalue weighted by Gasteiger charge is -2.05. The molecular weight excluding hydrogens is 380 g/mol. The van der Waals surface area contributed by atoms with Crippen molar-refractivity contribution in [3.8, 4) is 11.5 Å². The van der Waals surface area contributed by atoms with E-state index >= 15 is 0 Å². The lowest BCUT2D eigenvalue weighted by atomic mass is 10.1. The van der Waals surface area contributed by atoms with Gasteiger partial charge in [-0.2, -0.15) is 0 Å². The predicted octanol–water partition coefficient (Wildman–Crippen LogP) is 2.76. The number of ether oxygens (including phenoxy) is 2. The molecule has 0 saturated heterocycles. The summed E-state index contributed by atoms with van der Waals surface area (Å²) in [6.07, 6.45) is 0. The molecule has 9 heteroatoms. The Morgan fingerprint density at radius 1 is 1.07 bits per heavy atom. The van der Waals surface area contributed by atoms with Gasteiger partial charge in [0.1, 0.15) is 5.01 Å². The van der Waals surface area contributed by atoms with Crippen LogP contribution in [0.4, 0.5) is 5.69 Å². The van der Waals surface area contributed by atoms with Crippen molar-refractivity contribution in [1.82, 2.24) is 15.5 Å². The maximum absolute atomic E-state index is 12.4. The van der Waals surface area contributed by atoms with Gasteiger partial charge in [-0.15, -0.1) is 10.2 Å². The monoisotopic (exact) mass is 396 g/mol. The van der Waals surface area contributed by atoms with Gasteiger partial charge in [-0.1, -0.05) is 29.5 Å². The molecule has 2 amide bonds. The molecule has 2 heterocycles. The molecule has 28 heavy (non-hydrogen) atoms. The quantitative estimate of drug-likeness (QED) is 0.688. The van der Waals surface area contributed by atoms with E-state index < -0.39 is 0 Å². The molecule has 3 aromatic rings. The van der Waals surface area contributed by atoms with Crippen LogP contribution in [0.5, 0.6) is 11.5 Å². The Hall–Kier alpha value is -3.46. The molecule has 0 radical (unpaired) electrons. The van der Waals surface area contributed by atoms with E-state index in [1.54, 1.807) is 24.3 Å². The normalized spacial score (nSPS) is 11.9. The number of amides is 2. The van der Waals surface area contributed by atoms with Crippen LogP contribution in [-0.4, -0.2) is 28.8 Å². The van der Waals surface area contributed by atoms with E-state index in [0.29, 0.717) is 27.8 Å². The van der Waals surface area contributed by atoms with Crippen molar-refractivity contribution in [2.75, 3.05) is 12.1 Å². The number of carbonyl (C=O) groups excluding carboxylic acids is 2. The van der Waals surface area contributed by atoms with Crippen LogP contribution in [-0.2, 0) is 6.54 Å². The smallest absolute Gasteiger partial charge is 0.286 e. The van der Waals surface area contributed by atoms with Gasteiger partial charge in [-0.3, -0.25) is 9.59 Å². The Balaban J connectivity index is 1.36. The van der Waals surface area contributed by atoms with Crippen LogP contribution >= 0.6 is 11.3 Å². The molecule has 0 fully saturated rings. The molecule has 1 aromatic heterocycles. The van der Waals surface area contributed by atoms with Gasteiger partial charge in [0, 0.05) is 17.3 Å². The summed E-state index contributed by atoms with van der Waals surface area (Å²) in [5.41, 5.74) is 2.06. The third-order valence-electron chi connectivity index (χ3n) is 4.08. The van der Waals surface area contributed by atoms with Crippen molar-refractivity contribution in [2.24, 2.45) is 0 Å². The number of carbonyl (C=O) groups is 2. The third kappa shape index (κ3) is 3.79. The van der Waals surface area contributed by atoms with Crippen LogP contribution in [0, 0.1) is 6.92 Å². The minimum absolute atomic E-state index is 0.167. The molecule has 0 aliphatic carbocycles. The summed E-state index contributed by atoms with van der Waals surface area (Å²) in [5, 5.41) is 14.2. The van der Waals surface area contributed by atoms with Gasteiger partial charge in [0.15, 0.2) is 11.5 Å². The van der Waals surface area contributed by atoms with E-state index in [4.69, 9.17) is 9.47 Å². The standard InChI is InChI=1S/C19H16N4O4S/c1-11-4-2-3-5-13(11)17(24)20-9-16-22-23-19(28-16)18(25)21-12-6-7-14-15(8-12)27-10-26-14/h2-8H,9-10H2,1H3,(H,20,24)(H,21,25). The lowest BCUT2D eigenvalue weighted by molar-refractivity contribution is 0.0949. The molecule has 1 aliphatic rings. The van der Waals surface area contributed by atoms with Gasteiger partial charge in [-0.05, 0) is 30.7 Å². The molecule has 0 atom stereocenters. The maximum Gasteiger partial charge on any atom is 0.286 e. The van der Waals surface area contributed by atoms with Crippen molar-refractivity contribution < 1.29 is 19.1 Å². The number of aryl methyl sites for hydroxylation is 1. The number of benzene rings is 2. The molecule has 8 nitrogen and oxygen atoms in total. The Kier molecular flexibility index (Phi) is 4.90. The minimum atomic E-state index is -0.382. The van der Waals surface area contributed by atoms with Crippen molar-refractivity contribution in [2.45, 2.75) is 13.5 Å². The molecule has 0 unspecified atom stereocenters. The van der Waals surface area contributed by atoms with E-state index in [1.807, 2.05) is 25.1 Å². The second-order valence-corrected chi connectivity index (χ2v) is 7.08. The van der Waals surface area contributed by atoms with E-state index in [9.17, 15) is 9.59 Å². The fourth-order valence-corrected chi connectivity index (χ4v) is 3.33. The minimum Gasteiger partial charge on any atom is -0.454 e. The second-order valence-electron chi connectivity index (χ2n) is 6.02. The van der Waals surface area contributed by atoms with E-state index in [2.05, 4.69) is 20.8 Å². The first-order valence-corrected chi connectivity index (χ1v) is 9.29. The van der Waals surface area contributed by atoms with Crippen LogP contribution in [0.1, 0.15) is 30.7 Å². The SMILES string of the molecule is Cc1ccccc1C(=O)NCc1nnc(C(=O)Nc2ccc3c(c2)OCO3)s1. The van der Waals surface area contributed by atoms with Gasteiger partial charge in [0.2, 0.25) is 11.8 Å². The third-order valence-corrected chi connectivity index (χ3v) is 5.00. The fourth-order valence-electron chi connectivity index (χ4n) is 2.65. The van der Waals surface area contributed by atoms with Crippen LogP contribution in [0.3, 0.4) is 0 Å². The summed E-state index contributed by atoms with van der Waals surface area (Å²) in [7, 11) is 0. The summed E-state index contributed by atoms with van der Waals surface area (Å²) < 4.78 is 10.5. The Bertz CT molecular complexity index is 1050. The number of rotatable bonds is 5. The number of nitrogens with one attached hydrogen (secondary N) is 2. The summed E-state index contributed by atoms with van der Waals surface area (Å²) in [5.74, 6) is 0.641. The summed E-state index contributed by atoms with van der Waals surface area (Å²) >= 11 is 1.12. The van der Waals surface area contributed by atoms with Crippen LogP contribution in [0.25, 0.3) is 0 Å². The molecule has 142 valence electrons. The van der Waals surface area contributed by atoms with Gasteiger partial charge in [0.05, 0.1) is 6.54 Å². The first kappa shape index (κ1) is 17.9. The molecular formula is C19H16N4O4S. The molecule has 2 N–H and O–H groups in total. The number of nitrogens with zero attached hydrogens (tertiary/aromatic N) is 2. The van der Waals surface area contributed by atoms with Gasteiger partial charge >= 0.3 is 0 Å². The Labute approximate surface area is 164 Å². The van der Waals surface area contributed by atoms with Crippen molar-refractivity contribution in [3.05, 3.63) is 63.6 Å². The topological polar surface area (TPSA) is 102 Å². The summed E-state index contributed by atoms with van der Waals surface area (Å²) in [6.45, 7) is 2.24. The number of fused-ring (bicyclic) bond motifs is 1. The van der Waals surface area contributed by atoms with E-state index in [0.717, 1.165) is 16.9 Å². The highest BCUT2D eigenvalue weighted by atomic mass is 32.1. The number of anilines is 1. The highest BCUT2D eigenvalue weighted by molar-refractivity contribution is 7.13. The lowest BCUT2D eigenvalue weighted by Crippen LogP contribution is -2.23. The largest absolute Gasteiger partial charge is 0.454 e. The van der Waals surface area contributed by atoms with Crippen molar-refractivity contribution in [3.63, 3.8) is 0 Å². The molecule has 1 aliphatic heterocycles. The van der Waals surface area contributed by atoms with Gasteiger partial charge in [-0.25, -0.2) is 0 Å². The van der Waals surface area contributed by atoms with Crippen LogP contribution in [0.15, 0.2) is 42.5 Å². The average Bonchev–Trinajstić information content (AvgIpc) is 3.35. The van der Waals surface area contributed by atoms with Gasteiger partial charge < -0.3 is 20.1 Å². The predicted molar refractivity (Wildman–Crippen MR) is 103 cm³/mol. The van der Waals surface area contributed by atoms with Gasteiger partial charge in [0.25, 0.3) is 11.8 Å². The Morgan fingerprint density at radius 2 is 1.89 bits per heavy atom. The molecule has 0 saturated carbocycles. The fraction of sp³-hybridized carbons (Fsp3) is 0.158. The van der Waals surface area contributed by atoms with Crippen molar-refractivity contribution in [1.29, 1.82) is 0 Å². The van der Waals surface area contributed by atoms with E-state index in [1.165, 1.54) is 0 Å².